The van der Waals surface area contributed by atoms with Gasteiger partial charge < -0.3 is 0 Å². The first-order chi connectivity index (χ1) is 4.83. The van der Waals surface area contributed by atoms with Crippen LogP contribution in [-0.4, -0.2) is 0 Å². The molecule has 0 saturated carbocycles. The minimum atomic E-state index is 0.475. The zero-order valence-corrected chi connectivity index (χ0v) is 6.56. The highest BCUT2D eigenvalue weighted by Crippen LogP contribution is 2.05. The number of aryl methyl sites for hydroxylation is 1. The van der Waals surface area contributed by atoms with Crippen LogP contribution in [0.5, 0.6) is 0 Å². The maximum absolute atomic E-state index is 5.09. The molecule has 0 aliphatic rings. The first-order valence-electron chi connectivity index (χ1n) is 3.12. The van der Waals surface area contributed by atoms with Crippen molar-refractivity contribution in [1.82, 2.24) is 0 Å². The lowest BCUT2D eigenvalue weighted by Gasteiger charge is -1.97. The maximum Gasteiger partial charge on any atom is 0.0933 e. The van der Waals surface area contributed by atoms with Gasteiger partial charge in [0, 0.05) is 0 Å². The Morgan fingerprint density at radius 1 is 1.50 bits per heavy atom. The van der Waals surface area contributed by atoms with Crippen LogP contribution in [0.1, 0.15) is 11.1 Å². The van der Waals surface area contributed by atoms with Crippen molar-refractivity contribution in [2.24, 2.45) is 0 Å². The second kappa shape index (κ2) is 3.59. The third-order valence-electron chi connectivity index (χ3n) is 1.30. The molecule has 1 aromatic carbocycles. The van der Waals surface area contributed by atoms with Crippen molar-refractivity contribution in [3.05, 3.63) is 35.4 Å². The minimum absolute atomic E-state index is 0.475. The Kier molecular flexibility index (Phi) is 2.72. The Hall–Kier alpha value is -0.530. The van der Waals surface area contributed by atoms with Crippen molar-refractivity contribution in [3.63, 3.8) is 0 Å². The van der Waals surface area contributed by atoms with Crippen LogP contribution in [0.2, 0.25) is 0 Å². The molecule has 54 valence electrons. The lowest BCUT2D eigenvalue weighted by molar-refractivity contribution is 0.341. The summed E-state index contributed by atoms with van der Waals surface area (Å²) in [7, 11) is 0. The minimum Gasteiger partial charge on any atom is -0.274 e. The van der Waals surface area contributed by atoms with Crippen LogP contribution in [0.4, 0.5) is 0 Å². The second-order valence-electron chi connectivity index (χ2n) is 2.24. The molecular formula is C8H9ClO. The molecule has 0 fully saturated rings. The molecule has 0 spiro atoms. The van der Waals surface area contributed by atoms with Gasteiger partial charge in [0.15, 0.2) is 0 Å². The van der Waals surface area contributed by atoms with Gasteiger partial charge in [0.2, 0.25) is 0 Å². The highest BCUT2D eigenvalue weighted by atomic mass is 35.5. The van der Waals surface area contributed by atoms with Gasteiger partial charge in [-0.1, -0.05) is 29.8 Å². The Bertz CT molecular complexity index is 210. The van der Waals surface area contributed by atoms with Crippen molar-refractivity contribution < 1.29 is 4.29 Å². The molecule has 0 aliphatic carbocycles. The van der Waals surface area contributed by atoms with Crippen molar-refractivity contribution in [3.8, 4) is 0 Å². The number of rotatable bonds is 2. The van der Waals surface area contributed by atoms with Crippen LogP contribution in [0.3, 0.4) is 0 Å². The molecule has 0 atom stereocenters. The van der Waals surface area contributed by atoms with E-state index < -0.39 is 0 Å². The van der Waals surface area contributed by atoms with Gasteiger partial charge in [0.25, 0.3) is 0 Å². The van der Waals surface area contributed by atoms with Gasteiger partial charge in [-0.15, -0.1) is 0 Å². The zero-order chi connectivity index (χ0) is 7.40. The number of hydrogen-bond acceptors (Lipinski definition) is 1. The van der Waals surface area contributed by atoms with Crippen LogP contribution in [0.15, 0.2) is 24.3 Å². The molecule has 0 aliphatic heterocycles. The van der Waals surface area contributed by atoms with Crippen LogP contribution in [-0.2, 0) is 10.9 Å². The van der Waals surface area contributed by atoms with E-state index in [1.54, 1.807) is 0 Å². The molecule has 0 saturated heterocycles. The van der Waals surface area contributed by atoms with Crippen molar-refractivity contribution in [2.75, 3.05) is 0 Å². The summed E-state index contributed by atoms with van der Waals surface area (Å²) in [6.45, 7) is 2.51. The van der Waals surface area contributed by atoms with Crippen LogP contribution >= 0.6 is 11.9 Å². The van der Waals surface area contributed by atoms with Crippen LogP contribution < -0.4 is 0 Å². The standard InChI is InChI=1S/C8H9ClO/c1-7-3-2-4-8(5-7)6-10-9/h2-5H,6H2,1H3. The van der Waals surface area contributed by atoms with Gasteiger partial charge in [0.1, 0.15) is 0 Å². The predicted octanol–water partition coefficient (Wildman–Crippen LogP) is 2.67. The summed E-state index contributed by atoms with van der Waals surface area (Å²) < 4.78 is 4.46. The molecule has 0 N–H and O–H groups in total. The lowest BCUT2D eigenvalue weighted by Crippen LogP contribution is -1.83. The van der Waals surface area contributed by atoms with E-state index in [0.717, 1.165) is 5.56 Å². The normalized spacial score (nSPS) is 9.80. The van der Waals surface area contributed by atoms with E-state index in [9.17, 15) is 0 Å². The SMILES string of the molecule is Cc1cccc(COCl)c1. The molecule has 0 amide bonds. The predicted molar refractivity (Wildman–Crippen MR) is 41.8 cm³/mol. The van der Waals surface area contributed by atoms with Gasteiger partial charge in [-0.3, -0.25) is 4.29 Å². The lowest BCUT2D eigenvalue weighted by atomic mass is 10.1. The smallest absolute Gasteiger partial charge is 0.0933 e. The molecule has 1 rings (SSSR count). The molecule has 0 unspecified atom stereocenters. The fraction of sp³-hybridized carbons (Fsp3) is 0.250. The molecule has 0 radical (unpaired) electrons. The topological polar surface area (TPSA) is 9.23 Å². The summed E-state index contributed by atoms with van der Waals surface area (Å²) in [5.41, 5.74) is 2.33. The summed E-state index contributed by atoms with van der Waals surface area (Å²) in [5, 5.41) is 0. The number of benzene rings is 1. The van der Waals surface area contributed by atoms with Crippen molar-refractivity contribution >= 4 is 11.9 Å². The van der Waals surface area contributed by atoms with E-state index >= 15 is 0 Å². The summed E-state index contributed by atoms with van der Waals surface area (Å²) in [6.07, 6.45) is 0. The Morgan fingerprint density at radius 3 is 2.90 bits per heavy atom. The number of hydrogen-bond donors (Lipinski definition) is 0. The van der Waals surface area contributed by atoms with E-state index in [1.165, 1.54) is 5.56 Å². The van der Waals surface area contributed by atoms with Gasteiger partial charge in [-0.2, -0.15) is 0 Å². The second-order valence-corrected chi connectivity index (χ2v) is 2.46. The quantitative estimate of drug-likeness (QED) is 0.640. The molecule has 10 heavy (non-hydrogen) atoms. The first kappa shape index (κ1) is 7.58. The fourth-order valence-corrected chi connectivity index (χ4v) is 0.991. The van der Waals surface area contributed by atoms with Crippen molar-refractivity contribution in [2.45, 2.75) is 13.5 Å². The first-order valence-corrected chi connectivity index (χ1v) is 3.43. The van der Waals surface area contributed by atoms with E-state index in [0.29, 0.717) is 6.61 Å². The average molecular weight is 157 g/mol. The maximum atomic E-state index is 5.09. The molecule has 0 heterocycles. The highest BCUT2D eigenvalue weighted by Gasteiger charge is 1.90. The summed E-state index contributed by atoms with van der Waals surface area (Å²) in [6, 6.07) is 8.05. The van der Waals surface area contributed by atoms with Crippen molar-refractivity contribution in [1.29, 1.82) is 0 Å². The van der Waals surface area contributed by atoms with E-state index in [-0.39, 0.29) is 0 Å². The summed E-state index contributed by atoms with van der Waals surface area (Å²) >= 11 is 5.09. The molecule has 0 aromatic heterocycles. The van der Waals surface area contributed by atoms with Gasteiger partial charge >= 0.3 is 0 Å². The van der Waals surface area contributed by atoms with Crippen LogP contribution in [0.25, 0.3) is 0 Å². The monoisotopic (exact) mass is 156 g/mol. The van der Waals surface area contributed by atoms with E-state index in [2.05, 4.69) is 4.29 Å². The van der Waals surface area contributed by atoms with Gasteiger partial charge in [0.05, 0.1) is 18.5 Å². The Labute approximate surface area is 65.8 Å². The summed E-state index contributed by atoms with van der Waals surface area (Å²) in [5.74, 6) is 0. The largest absolute Gasteiger partial charge is 0.274 e. The van der Waals surface area contributed by atoms with Gasteiger partial charge in [-0.05, 0) is 12.5 Å². The summed E-state index contributed by atoms with van der Waals surface area (Å²) in [4.78, 5) is 0. The third-order valence-corrected chi connectivity index (χ3v) is 1.41. The molecule has 1 aromatic rings. The third kappa shape index (κ3) is 2.01. The Balaban J connectivity index is 2.75. The molecule has 0 bridgehead atoms. The molecule has 2 heteroatoms. The fourth-order valence-electron chi connectivity index (χ4n) is 0.865. The zero-order valence-electron chi connectivity index (χ0n) is 5.80. The number of halogens is 1. The van der Waals surface area contributed by atoms with Gasteiger partial charge in [-0.25, -0.2) is 0 Å². The van der Waals surface area contributed by atoms with E-state index in [1.807, 2.05) is 31.2 Å². The molecule has 1 nitrogen and oxygen atoms in total. The Morgan fingerprint density at radius 2 is 2.30 bits per heavy atom. The highest BCUT2D eigenvalue weighted by molar-refractivity contribution is 6.07. The average Bonchev–Trinajstić information content (AvgIpc) is 1.88. The van der Waals surface area contributed by atoms with E-state index in [4.69, 9.17) is 11.9 Å². The van der Waals surface area contributed by atoms with Crippen LogP contribution in [0, 0.1) is 6.92 Å². The molecular weight excluding hydrogens is 148 g/mol.